The number of hydrogen-bond acceptors (Lipinski definition) is 6. The third-order valence-corrected chi connectivity index (χ3v) is 4.75. The molecule has 0 radical (unpaired) electrons. The van der Waals surface area contributed by atoms with E-state index in [9.17, 15) is 18.0 Å². The molecule has 10 nitrogen and oxygen atoms in total. The third-order valence-electron chi connectivity index (χ3n) is 3.54. The Balaban J connectivity index is 2.04. The number of aryl methyl sites for hydroxylation is 1. The Morgan fingerprint density at radius 1 is 1.50 bits per heavy atom. The highest BCUT2D eigenvalue weighted by atomic mass is 32.2. The number of ether oxygens (including phenoxy) is 1. The molecular formula is C13H20N4O6S. The molecular weight excluding hydrogens is 340 g/mol. The molecule has 1 N–H and O–H groups in total. The smallest absolute Gasteiger partial charge is 0.318 e. The Labute approximate surface area is 139 Å². The summed E-state index contributed by atoms with van der Waals surface area (Å²) in [6.07, 6.45) is 3.46. The molecule has 1 amide bonds. The first kappa shape index (κ1) is 18.4. The Morgan fingerprint density at radius 2 is 2.21 bits per heavy atom. The van der Waals surface area contributed by atoms with E-state index >= 15 is 0 Å². The summed E-state index contributed by atoms with van der Waals surface area (Å²) in [6.45, 7) is 0.00266. The number of nitrogens with zero attached hydrogens (tertiary/aromatic N) is 4. The molecule has 0 spiro atoms. The maximum atomic E-state index is 12.4. The van der Waals surface area contributed by atoms with Gasteiger partial charge in [0.1, 0.15) is 12.2 Å². The van der Waals surface area contributed by atoms with E-state index in [4.69, 9.17) is 9.84 Å². The summed E-state index contributed by atoms with van der Waals surface area (Å²) in [5.74, 6) is -1.52. The molecule has 0 aliphatic carbocycles. The fraction of sp³-hybridized carbons (Fsp3) is 0.615. The van der Waals surface area contributed by atoms with Gasteiger partial charge in [-0.2, -0.15) is 4.31 Å². The number of aliphatic carboxylic acids is 1. The lowest BCUT2D eigenvalue weighted by Gasteiger charge is -2.34. The van der Waals surface area contributed by atoms with Crippen molar-refractivity contribution in [3.8, 4) is 0 Å². The van der Waals surface area contributed by atoms with E-state index in [1.807, 2.05) is 0 Å². The lowest BCUT2D eigenvalue weighted by Crippen LogP contribution is -2.51. The lowest BCUT2D eigenvalue weighted by atomic mass is 10.2. The third kappa shape index (κ3) is 4.76. The van der Waals surface area contributed by atoms with Crippen LogP contribution in [0.5, 0.6) is 0 Å². The number of morpholine rings is 1. The Hall–Kier alpha value is -1.98. The summed E-state index contributed by atoms with van der Waals surface area (Å²) in [5, 5.41) is 8.85. The summed E-state index contributed by atoms with van der Waals surface area (Å²) >= 11 is 0. The van der Waals surface area contributed by atoms with E-state index in [2.05, 4.69) is 4.98 Å². The molecule has 1 aromatic rings. The molecule has 134 valence electrons. The minimum Gasteiger partial charge on any atom is -0.480 e. The van der Waals surface area contributed by atoms with E-state index in [1.54, 1.807) is 17.8 Å². The molecule has 1 aliphatic rings. The predicted molar refractivity (Wildman–Crippen MR) is 82.9 cm³/mol. The van der Waals surface area contributed by atoms with Crippen LogP contribution in [0.25, 0.3) is 0 Å². The predicted octanol–water partition coefficient (Wildman–Crippen LogP) is -1.39. The molecule has 2 heterocycles. The maximum absolute atomic E-state index is 12.4. The number of carbonyl (C=O) groups is 2. The molecule has 1 fully saturated rings. The van der Waals surface area contributed by atoms with Crippen molar-refractivity contribution in [3.05, 3.63) is 18.2 Å². The number of carboxylic acids is 1. The summed E-state index contributed by atoms with van der Waals surface area (Å²) in [7, 11) is -1.94. The number of carbonyl (C=O) groups excluding carboxylic acids is 1. The Morgan fingerprint density at radius 3 is 2.75 bits per heavy atom. The number of sulfonamides is 1. The first-order valence-electron chi connectivity index (χ1n) is 7.22. The molecule has 11 heteroatoms. The zero-order valence-electron chi connectivity index (χ0n) is 13.5. The van der Waals surface area contributed by atoms with Crippen LogP contribution in [0.15, 0.2) is 12.5 Å². The van der Waals surface area contributed by atoms with Crippen LogP contribution < -0.4 is 0 Å². The average molecular weight is 360 g/mol. The van der Waals surface area contributed by atoms with E-state index in [1.165, 1.54) is 11.2 Å². The number of amides is 1. The average Bonchev–Trinajstić information content (AvgIpc) is 2.91. The first-order valence-corrected chi connectivity index (χ1v) is 9.07. The van der Waals surface area contributed by atoms with Crippen LogP contribution in [-0.4, -0.2) is 89.3 Å². The number of carboxylic acid groups (broad SMARTS) is 1. The number of rotatable bonds is 6. The lowest BCUT2D eigenvalue weighted by molar-refractivity contribution is -0.137. The first-order chi connectivity index (χ1) is 11.2. The molecule has 24 heavy (non-hydrogen) atoms. The van der Waals surface area contributed by atoms with Gasteiger partial charge in [0.2, 0.25) is 10.0 Å². The van der Waals surface area contributed by atoms with Gasteiger partial charge in [-0.15, -0.1) is 0 Å². The van der Waals surface area contributed by atoms with E-state index in [0.717, 1.165) is 10.6 Å². The number of aromatic nitrogens is 2. The van der Waals surface area contributed by atoms with Crippen LogP contribution in [0, 0.1) is 0 Å². The molecule has 2 rings (SSSR count). The second kappa shape index (κ2) is 7.28. The second-order valence-corrected chi connectivity index (χ2v) is 7.60. The monoisotopic (exact) mass is 360 g/mol. The van der Waals surface area contributed by atoms with Crippen LogP contribution in [0.1, 0.15) is 10.5 Å². The van der Waals surface area contributed by atoms with Crippen molar-refractivity contribution in [1.82, 2.24) is 18.8 Å². The van der Waals surface area contributed by atoms with Gasteiger partial charge in [0.05, 0.1) is 25.3 Å². The van der Waals surface area contributed by atoms with Gasteiger partial charge >= 0.3 is 5.97 Å². The molecule has 1 unspecified atom stereocenters. The molecule has 1 aromatic heterocycles. The van der Waals surface area contributed by atoms with Gasteiger partial charge in [0.25, 0.3) is 5.91 Å². The summed E-state index contributed by atoms with van der Waals surface area (Å²) in [6, 6.07) is 0. The van der Waals surface area contributed by atoms with Crippen LogP contribution in [0.2, 0.25) is 0 Å². The topological polar surface area (TPSA) is 122 Å². The molecule has 1 saturated heterocycles. The summed E-state index contributed by atoms with van der Waals surface area (Å²) in [5.41, 5.74) is 0.295. The van der Waals surface area contributed by atoms with Crippen LogP contribution in [0.4, 0.5) is 0 Å². The van der Waals surface area contributed by atoms with Crippen LogP contribution >= 0.6 is 0 Å². The highest BCUT2D eigenvalue weighted by Crippen LogP contribution is 2.12. The van der Waals surface area contributed by atoms with Crippen molar-refractivity contribution in [2.45, 2.75) is 6.10 Å². The van der Waals surface area contributed by atoms with Gasteiger partial charge in [-0.3, -0.25) is 9.59 Å². The van der Waals surface area contributed by atoms with Crippen molar-refractivity contribution >= 4 is 21.9 Å². The van der Waals surface area contributed by atoms with Gasteiger partial charge in [0.15, 0.2) is 0 Å². The number of imidazole rings is 1. The van der Waals surface area contributed by atoms with Crippen LogP contribution in [0.3, 0.4) is 0 Å². The van der Waals surface area contributed by atoms with E-state index in [-0.39, 0.29) is 25.6 Å². The van der Waals surface area contributed by atoms with Crippen molar-refractivity contribution in [2.24, 2.45) is 7.05 Å². The molecule has 0 bridgehead atoms. The standard InChI is InChI=1S/C13H20N4O6S/c1-15-7-11(14-9-15)13(20)16-3-4-23-10(5-16)6-17(8-12(18)19)24(2,21)22/h7,9-10H,3-6,8H2,1-2H3,(H,18,19). The zero-order valence-corrected chi connectivity index (χ0v) is 14.3. The van der Waals surface area contributed by atoms with E-state index < -0.39 is 28.6 Å². The van der Waals surface area contributed by atoms with Crippen LogP contribution in [-0.2, 0) is 26.6 Å². The molecule has 1 aliphatic heterocycles. The van der Waals surface area contributed by atoms with E-state index in [0.29, 0.717) is 12.2 Å². The minimum atomic E-state index is -3.69. The normalized spacial score (nSPS) is 18.8. The zero-order chi connectivity index (χ0) is 17.9. The van der Waals surface area contributed by atoms with Gasteiger partial charge in [-0.25, -0.2) is 13.4 Å². The van der Waals surface area contributed by atoms with Crippen molar-refractivity contribution < 1.29 is 27.9 Å². The Bertz CT molecular complexity index is 716. The highest BCUT2D eigenvalue weighted by Gasteiger charge is 2.30. The minimum absolute atomic E-state index is 0.128. The largest absolute Gasteiger partial charge is 0.480 e. The molecule has 0 aromatic carbocycles. The number of hydrogen-bond donors (Lipinski definition) is 1. The second-order valence-electron chi connectivity index (χ2n) is 5.62. The fourth-order valence-electron chi connectivity index (χ4n) is 2.39. The maximum Gasteiger partial charge on any atom is 0.318 e. The molecule has 1 atom stereocenters. The summed E-state index contributed by atoms with van der Waals surface area (Å²) < 4.78 is 31.4. The van der Waals surface area contributed by atoms with Gasteiger partial charge in [-0.1, -0.05) is 0 Å². The van der Waals surface area contributed by atoms with Gasteiger partial charge < -0.3 is 19.3 Å². The molecule has 0 saturated carbocycles. The van der Waals surface area contributed by atoms with Crippen molar-refractivity contribution in [1.29, 1.82) is 0 Å². The fourth-order valence-corrected chi connectivity index (χ4v) is 3.18. The quantitative estimate of drug-likeness (QED) is 0.662. The SMILES string of the molecule is Cn1cnc(C(=O)N2CCOC(CN(CC(=O)O)S(C)(=O)=O)C2)c1. The van der Waals surface area contributed by atoms with Crippen molar-refractivity contribution in [3.63, 3.8) is 0 Å². The van der Waals surface area contributed by atoms with Gasteiger partial charge in [0, 0.05) is 32.9 Å². The van der Waals surface area contributed by atoms with Gasteiger partial charge in [-0.05, 0) is 0 Å². The Kier molecular flexibility index (Phi) is 5.57. The van der Waals surface area contributed by atoms with Crippen molar-refractivity contribution in [2.75, 3.05) is 39.0 Å². The summed E-state index contributed by atoms with van der Waals surface area (Å²) in [4.78, 5) is 28.8. The highest BCUT2D eigenvalue weighted by molar-refractivity contribution is 7.88.